The topological polar surface area (TPSA) is 81.7 Å². The predicted molar refractivity (Wildman–Crippen MR) is 106 cm³/mol. The van der Waals surface area contributed by atoms with Gasteiger partial charge in [-0.2, -0.15) is 5.10 Å². The van der Waals surface area contributed by atoms with Crippen LogP contribution < -0.4 is 0 Å². The molecule has 2 N–H and O–H groups in total. The number of likely N-dealkylation sites (tertiary alicyclic amines) is 2. The summed E-state index contributed by atoms with van der Waals surface area (Å²) in [6.45, 7) is 12.6. The van der Waals surface area contributed by atoms with Crippen molar-refractivity contribution in [1.82, 2.24) is 20.0 Å². The van der Waals surface area contributed by atoms with E-state index in [9.17, 15) is 4.79 Å². The van der Waals surface area contributed by atoms with E-state index >= 15 is 0 Å². The van der Waals surface area contributed by atoms with Crippen LogP contribution in [0.2, 0.25) is 25.7 Å². The molecule has 0 saturated carbocycles. The summed E-state index contributed by atoms with van der Waals surface area (Å²) in [7, 11) is -1.06. The molecular weight excluding hydrogens is 451 g/mol. The summed E-state index contributed by atoms with van der Waals surface area (Å²) < 4.78 is 6.87. The second kappa shape index (κ2) is 7.16. The SMILES string of the molecule is C[Si](C)(C)CCOCc1[nH]nc(I)c1CN1CC2(C1)CN(C(=O)O)C2. The van der Waals surface area contributed by atoms with Gasteiger partial charge >= 0.3 is 6.09 Å². The number of nitrogens with zero attached hydrogens (tertiary/aromatic N) is 3. The molecular formula is C16H27IN4O3Si. The summed E-state index contributed by atoms with van der Waals surface area (Å²) in [6.07, 6.45) is -0.800. The summed E-state index contributed by atoms with van der Waals surface area (Å²) in [5, 5.41) is 16.4. The molecule has 1 spiro atoms. The number of carbonyl (C=O) groups is 1. The third-order valence-electron chi connectivity index (χ3n) is 4.97. The van der Waals surface area contributed by atoms with Gasteiger partial charge in [-0.3, -0.25) is 10.00 Å². The number of aromatic amines is 1. The van der Waals surface area contributed by atoms with Crippen molar-refractivity contribution in [1.29, 1.82) is 0 Å². The molecule has 25 heavy (non-hydrogen) atoms. The number of H-pyrrole nitrogens is 1. The Bertz CT molecular complexity index is 632. The van der Waals surface area contributed by atoms with Gasteiger partial charge < -0.3 is 14.7 Å². The van der Waals surface area contributed by atoms with Crippen LogP contribution in [0, 0.1) is 9.12 Å². The van der Waals surface area contributed by atoms with Gasteiger partial charge in [0.05, 0.1) is 12.3 Å². The monoisotopic (exact) mass is 478 g/mol. The Hall–Kier alpha value is -0.653. The van der Waals surface area contributed by atoms with Gasteiger partial charge in [-0.25, -0.2) is 4.79 Å². The van der Waals surface area contributed by atoms with Crippen LogP contribution in [0.3, 0.4) is 0 Å². The van der Waals surface area contributed by atoms with Crippen molar-refractivity contribution in [3.05, 3.63) is 15.0 Å². The van der Waals surface area contributed by atoms with E-state index < -0.39 is 14.2 Å². The van der Waals surface area contributed by atoms with Crippen LogP contribution in [0.5, 0.6) is 0 Å². The highest BCUT2D eigenvalue weighted by Crippen LogP contribution is 2.40. The van der Waals surface area contributed by atoms with Crippen molar-refractivity contribution in [3.63, 3.8) is 0 Å². The number of aromatic nitrogens is 2. The molecule has 3 heterocycles. The lowest BCUT2D eigenvalue weighted by molar-refractivity contribution is -0.105. The van der Waals surface area contributed by atoms with Crippen LogP contribution in [0.1, 0.15) is 11.3 Å². The van der Waals surface area contributed by atoms with E-state index in [0.29, 0.717) is 19.7 Å². The number of nitrogens with one attached hydrogen (secondary N) is 1. The minimum atomic E-state index is -1.06. The van der Waals surface area contributed by atoms with E-state index in [1.54, 1.807) is 0 Å². The van der Waals surface area contributed by atoms with Gasteiger partial charge in [-0.05, 0) is 28.6 Å². The van der Waals surface area contributed by atoms with Crippen LogP contribution in [-0.2, 0) is 17.9 Å². The van der Waals surface area contributed by atoms with Crippen LogP contribution in [-0.4, -0.2) is 72.1 Å². The number of hydrogen-bond acceptors (Lipinski definition) is 4. The van der Waals surface area contributed by atoms with Crippen LogP contribution in [0.4, 0.5) is 4.79 Å². The smallest absolute Gasteiger partial charge is 0.407 e. The van der Waals surface area contributed by atoms with Crippen molar-refractivity contribution >= 4 is 36.8 Å². The standard InChI is InChI=1S/C16H27IN4O3Si/c1-25(2,3)5-4-24-7-13-12(14(17)19-18-13)6-20-8-16(9-20)10-21(11-16)15(22)23/h4-11H2,1-3H3,(H,18,19)(H,22,23). The maximum atomic E-state index is 10.9. The van der Waals surface area contributed by atoms with Gasteiger partial charge in [0.15, 0.2) is 0 Å². The molecule has 0 aliphatic carbocycles. The molecule has 7 nitrogen and oxygen atoms in total. The number of hydrogen-bond donors (Lipinski definition) is 2. The highest BCUT2D eigenvalue weighted by Gasteiger charge is 2.53. The first kappa shape index (κ1) is 19.1. The molecule has 1 amide bonds. The lowest BCUT2D eigenvalue weighted by Crippen LogP contribution is -2.72. The van der Waals surface area contributed by atoms with Crippen LogP contribution >= 0.6 is 22.6 Å². The molecule has 0 bridgehead atoms. The van der Waals surface area contributed by atoms with Crippen molar-refractivity contribution in [3.8, 4) is 0 Å². The molecule has 2 fully saturated rings. The first-order chi connectivity index (χ1) is 11.7. The number of carboxylic acid groups (broad SMARTS) is 1. The Kier molecular flexibility index (Phi) is 5.48. The second-order valence-corrected chi connectivity index (χ2v) is 15.3. The van der Waals surface area contributed by atoms with Gasteiger partial charge in [0.25, 0.3) is 0 Å². The Morgan fingerprint density at radius 2 is 2.04 bits per heavy atom. The van der Waals surface area contributed by atoms with Gasteiger partial charge in [0.1, 0.15) is 3.70 Å². The molecule has 1 aromatic heterocycles. The predicted octanol–water partition coefficient (Wildman–Crippen LogP) is 2.66. The molecule has 2 aliphatic heterocycles. The van der Waals surface area contributed by atoms with Gasteiger partial charge in [-0.1, -0.05) is 19.6 Å². The zero-order valence-electron chi connectivity index (χ0n) is 15.1. The average Bonchev–Trinajstić information content (AvgIpc) is 2.75. The quantitative estimate of drug-likeness (QED) is 0.358. The molecule has 9 heteroatoms. The number of halogens is 1. The molecule has 140 valence electrons. The molecule has 0 aromatic carbocycles. The van der Waals surface area contributed by atoms with Crippen molar-refractivity contribution in [2.24, 2.45) is 5.41 Å². The van der Waals surface area contributed by atoms with Gasteiger partial charge in [-0.15, -0.1) is 0 Å². The summed E-state index contributed by atoms with van der Waals surface area (Å²) in [6, 6.07) is 1.17. The Morgan fingerprint density at radius 1 is 1.36 bits per heavy atom. The minimum absolute atomic E-state index is 0.196. The number of amides is 1. The lowest BCUT2D eigenvalue weighted by Gasteiger charge is -2.59. The third-order valence-corrected chi connectivity index (χ3v) is 7.56. The highest BCUT2D eigenvalue weighted by molar-refractivity contribution is 14.1. The summed E-state index contributed by atoms with van der Waals surface area (Å²) in [5.41, 5.74) is 2.49. The largest absolute Gasteiger partial charge is 0.465 e. The first-order valence-electron chi connectivity index (χ1n) is 8.67. The first-order valence-corrected chi connectivity index (χ1v) is 13.5. The Labute approximate surface area is 163 Å². The maximum Gasteiger partial charge on any atom is 0.407 e. The molecule has 0 radical (unpaired) electrons. The van der Waals surface area contributed by atoms with Gasteiger partial charge in [0.2, 0.25) is 0 Å². The summed E-state index contributed by atoms with van der Waals surface area (Å²) in [5.74, 6) is 0. The average molecular weight is 478 g/mol. The van der Waals surface area contributed by atoms with E-state index in [4.69, 9.17) is 9.84 Å². The molecule has 1 aromatic rings. The molecule has 0 unspecified atom stereocenters. The van der Waals surface area contributed by atoms with E-state index in [-0.39, 0.29) is 5.41 Å². The zero-order chi connectivity index (χ0) is 18.2. The zero-order valence-corrected chi connectivity index (χ0v) is 18.3. The number of ether oxygens (including phenoxy) is 1. The van der Waals surface area contributed by atoms with E-state index in [0.717, 1.165) is 35.6 Å². The molecule has 2 aliphatic rings. The van der Waals surface area contributed by atoms with E-state index in [1.165, 1.54) is 16.5 Å². The highest BCUT2D eigenvalue weighted by atomic mass is 127. The fourth-order valence-corrected chi connectivity index (χ4v) is 4.92. The van der Waals surface area contributed by atoms with E-state index in [1.807, 2.05) is 0 Å². The maximum absolute atomic E-state index is 10.9. The molecule has 0 atom stereocenters. The van der Waals surface area contributed by atoms with Crippen molar-refractivity contribution in [2.75, 3.05) is 32.8 Å². The Balaban J connectivity index is 1.46. The van der Waals surface area contributed by atoms with Gasteiger partial charge in [0, 0.05) is 58.4 Å². The van der Waals surface area contributed by atoms with Crippen molar-refractivity contribution in [2.45, 2.75) is 38.8 Å². The second-order valence-electron chi connectivity index (χ2n) is 8.62. The Morgan fingerprint density at radius 3 is 2.64 bits per heavy atom. The normalized spacial score (nSPS) is 19.8. The van der Waals surface area contributed by atoms with Crippen LogP contribution in [0.15, 0.2) is 0 Å². The lowest BCUT2D eigenvalue weighted by atomic mass is 9.73. The third kappa shape index (κ3) is 4.55. The van der Waals surface area contributed by atoms with Crippen LogP contribution in [0.25, 0.3) is 0 Å². The molecule has 2 saturated heterocycles. The van der Waals surface area contributed by atoms with Crippen molar-refractivity contribution < 1.29 is 14.6 Å². The summed E-state index contributed by atoms with van der Waals surface area (Å²) in [4.78, 5) is 14.8. The molecule has 3 rings (SSSR count). The minimum Gasteiger partial charge on any atom is -0.465 e. The summed E-state index contributed by atoms with van der Waals surface area (Å²) >= 11 is 2.27. The fourth-order valence-electron chi connectivity index (χ4n) is 3.55. The fraction of sp³-hybridized carbons (Fsp3) is 0.750. The van der Waals surface area contributed by atoms with E-state index in [2.05, 4.69) is 57.3 Å². The number of rotatable bonds is 7.